The standard InChI is InChI=1S/C55H60ClN8O12P/c56-30-35-32-64(44-29-46(76-77(73)74)40-12-5-6-13-41(40)53(35)44)50(68)17-8-16-49(67)62-27-24-38-37-10-3-4-11-39(37)45(28-43(38)62)75-33-34-18-20-36(21-19-34)60-54(71)42(14-9-25-58-55(57)72)61-48(66)31-59-47(65)15-2-1-7-26-63-51(69)22-23-52(63)70/h3-6,10-13,18-23,28-29,35,42,73-74H,1-2,7-9,14-17,24-27,30-33H2,(H,59,65)(H,60,71)(H,61,66)(H3,57,58,72)/t35-,42+/m1/s1. The Morgan fingerprint density at radius 2 is 1.40 bits per heavy atom. The van der Waals surface area contributed by atoms with E-state index in [2.05, 4.69) is 21.3 Å². The third kappa shape index (κ3) is 13.9. The van der Waals surface area contributed by atoms with E-state index in [4.69, 9.17) is 26.6 Å². The van der Waals surface area contributed by atoms with E-state index in [1.54, 1.807) is 40.1 Å². The number of hydrogen-bond donors (Lipinski definition) is 7. The molecule has 5 aromatic carbocycles. The zero-order chi connectivity index (χ0) is 54.6. The minimum Gasteiger partial charge on any atom is -0.488 e. The Bertz CT molecular complexity index is 3080. The molecule has 5 aromatic rings. The average molecular weight is 1090 g/mol. The van der Waals surface area contributed by atoms with Crippen LogP contribution in [0.3, 0.4) is 0 Å². The van der Waals surface area contributed by atoms with Crippen molar-refractivity contribution in [3.63, 3.8) is 0 Å². The molecule has 20 nitrogen and oxygen atoms in total. The van der Waals surface area contributed by atoms with Crippen molar-refractivity contribution in [3.8, 4) is 11.5 Å². The first kappa shape index (κ1) is 55.6. The molecule has 0 saturated carbocycles. The van der Waals surface area contributed by atoms with Crippen LogP contribution in [0.1, 0.15) is 80.4 Å². The Labute approximate surface area is 450 Å². The predicted octanol–water partition coefficient (Wildman–Crippen LogP) is 6.06. The van der Waals surface area contributed by atoms with Gasteiger partial charge in [-0.25, -0.2) is 4.79 Å². The quantitative estimate of drug-likeness (QED) is 0.0152. The van der Waals surface area contributed by atoms with E-state index in [1.165, 1.54) is 12.2 Å². The Morgan fingerprint density at radius 1 is 0.740 bits per heavy atom. The van der Waals surface area contributed by atoms with Crippen molar-refractivity contribution in [1.29, 1.82) is 0 Å². The molecule has 77 heavy (non-hydrogen) atoms. The van der Waals surface area contributed by atoms with Crippen molar-refractivity contribution in [2.24, 2.45) is 5.73 Å². The lowest BCUT2D eigenvalue weighted by Gasteiger charge is -2.21. The molecule has 0 aromatic heterocycles. The van der Waals surface area contributed by atoms with Crippen molar-refractivity contribution < 1.29 is 57.4 Å². The summed E-state index contributed by atoms with van der Waals surface area (Å²) in [5.41, 5.74) is 9.67. The highest BCUT2D eigenvalue weighted by Crippen LogP contribution is 2.48. The number of urea groups is 1. The van der Waals surface area contributed by atoms with Gasteiger partial charge in [-0.3, -0.25) is 38.5 Å². The third-order valence-electron chi connectivity index (χ3n) is 13.7. The van der Waals surface area contributed by atoms with Gasteiger partial charge in [0, 0.05) is 98.0 Å². The molecule has 3 aliphatic rings. The van der Waals surface area contributed by atoms with Crippen molar-refractivity contribution in [1.82, 2.24) is 20.9 Å². The van der Waals surface area contributed by atoms with E-state index in [0.29, 0.717) is 74.1 Å². The van der Waals surface area contributed by atoms with Crippen LogP contribution in [-0.2, 0) is 46.6 Å². The normalized spacial score (nSPS) is 15.0. The number of benzene rings is 5. The van der Waals surface area contributed by atoms with Gasteiger partial charge in [0.1, 0.15) is 24.1 Å². The van der Waals surface area contributed by atoms with E-state index in [9.17, 15) is 48.1 Å². The fourth-order valence-electron chi connectivity index (χ4n) is 9.97. The topological polar surface area (TPSA) is 279 Å². The zero-order valence-corrected chi connectivity index (χ0v) is 43.8. The highest BCUT2D eigenvalue weighted by atomic mass is 35.5. The molecule has 0 bridgehead atoms. The van der Waals surface area contributed by atoms with Crippen LogP contribution in [-0.4, -0.2) is 107 Å². The maximum absolute atomic E-state index is 13.9. The number of fused-ring (bicyclic) bond motifs is 6. The molecule has 0 unspecified atom stereocenters. The first-order valence-electron chi connectivity index (χ1n) is 25.5. The van der Waals surface area contributed by atoms with Gasteiger partial charge in [0.05, 0.1) is 17.9 Å². The SMILES string of the molecule is NC(=O)NCCC[C@H](NC(=O)CNC(=O)CCCCCN1C(=O)C=CC1=O)C(=O)Nc1ccc(COc2cc3c(c4ccccc24)CCN3C(=O)CCCC(=O)N2C[C@@H](CCl)c3c2cc(OP(O)O)c2ccccc32)cc1. The Kier molecular flexibility index (Phi) is 18.7. The van der Waals surface area contributed by atoms with Crippen molar-refractivity contribution in [3.05, 3.63) is 114 Å². The highest BCUT2D eigenvalue weighted by molar-refractivity contribution is 7.39. The molecule has 2 atom stereocenters. The Hall–Kier alpha value is -7.64. The van der Waals surface area contributed by atoms with Crippen molar-refractivity contribution in [2.45, 2.75) is 82.8 Å². The summed E-state index contributed by atoms with van der Waals surface area (Å²) in [6.07, 6.45) is 5.77. The lowest BCUT2D eigenvalue weighted by molar-refractivity contribution is -0.137. The summed E-state index contributed by atoms with van der Waals surface area (Å²) in [6.45, 7) is 1.01. The Balaban J connectivity index is 0.842. The number of halogens is 1. The summed E-state index contributed by atoms with van der Waals surface area (Å²) in [7, 11) is -2.71. The summed E-state index contributed by atoms with van der Waals surface area (Å²) in [5.74, 6) is -1.58. The molecule has 8 rings (SSSR count). The average Bonchev–Trinajstić information content (AvgIpc) is 4.17. The van der Waals surface area contributed by atoms with Gasteiger partial charge in [0.25, 0.3) is 11.8 Å². The van der Waals surface area contributed by atoms with Gasteiger partial charge in [-0.15, -0.1) is 11.6 Å². The van der Waals surface area contributed by atoms with E-state index >= 15 is 0 Å². The molecule has 9 amide bonds. The van der Waals surface area contributed by atoms with Crippen LogP contribution in [0.15, 0.2) is 97.1 Å². The summed E-state index contributed by atoms with van der Waals surface area (Å²) in [6, 6.07) is 24.0. The predicted molar refractivity (Wildman–Crippen MR) is 291 cm³/mol. The second-order valence-electron chi connectivity index (χ2n) is 18.9. The smallest absolute Gasteiger partial charge is 0.391 e. The number of unbranched alkanes of at least 4 members (excludes halogenated alkanes) is 2. The number of imide groups is 1. The van der Waals surface area contributed by atoms with Gasteiger partial charge in [-0.1, -0.05) is 67.1 Å². The number of amides is 9. The minimum atomic E-state index is -2.71. The second-order valence-corrected chi connectivity index (χ2v) is 19.9. The number of primary amides is 1. The van der Waals surface area contributed by atoms with Crippen LogP contribution >= 0.6 is 20.2 Å². The van der Waals surface area contributed by atoms with Crippen molar-refractivity contribution in [2.75, 3.05) is 53.7 Å². The first-order valence-corrected chi connectivity index (χ1v) is 27.2. The van der Waals surface area contributed by atoms with Gasteiger partial charge >= 0.3 is 14.6 Å². The Morgan fingerprint density at radius 3 is 2.09 bits per heavy atom. The maximum atomic E-state index is 13.9. The molecule has 3 aliphatic heterocycles. The number of nitrogens with two attached hydrogens (primary N) is 1. The minimum absolute atomic E-state index is 0.0961. The van der Waals surface area contributed by atoms with Crippen LogP contribution in [0.2, 0.25) is 0 Å². The van der Waals surface area contributed by atoms with Gasteiger partial charge in [-0.2, -0.15) is 0 Å². The van der Waals surface area contributed by atoms with Crippen LogP contribution in [0, 0.1) is 0 Å². The largest absolute Gasteiger partial charge is 0.488 e. The summed E-state index contributed by atoms with van der Waals surface area (Å²) in [5, 5.41) is 13.8. The van der Waals surface area contributed by atoms with Gasteiger partial charge in [-0.05, 0) is 78.1 Å². The number of nitrogens with zero attached hydrogens (tertiary/aromatic N) is 3. The lowest BCUT2D eigenvalue weighted by Crippen LogP contribution is -2.47. The number of hydrogen-bond acceptors (Lipinski definition) is 12. The van der Waals surface area contributed by atoms with Crippen LogP contribution < -0.4 is 46.1 Å². The van der Waals surface area contributed by atoms with Crippen LogP contribution in [0.25, 0.3) is 21.5 Å². The van der Waals surface area contributed by atoms with Gasteiger partial charge in [0.2, 0.25) is 29.5 Å². The molecule has 0 radical (unpaired) electrons. The molecule has 0 fully saturated rings. The number of carbonyl (C=O) groups excluding carboxylic acids is 8. The molecular formula is C55H60ClN8O12P. The van der Waals surface area contributed by atoms with Crippen molar-refractivity contribution >= 4 is 106 Å². The molecule has 8 N–H and O–H groups in total. The fraction of sp³-hybridized carbons (Fsp3) is 0.345. The number of carbonyl (C=O) groups is 8. The molecule has 3 heterocycles. The summed E-state index contributed by atoms with van der Waals surface area (Å²) >= 11 is 6.43. The van der Waals surface area contributed by atoms with E-state index in [0.717, 1.165) is 43.4 Å². The molecule has 0 saturated heterocycles. The zero-order valence-electron chi connectivity index (χ0n) is 42.1. The molecule has 404 valence electrons. The molecule has 0 aliphatic carbocycles. The number of nitrogens with one attached hydrogen (secondary N) is 4. The highest BCUT2D eigenvalue weighted by Gasteiger charge is 2.35. The van der Waals surface area contributed by atoms with Gasteiger partial charge < -0.3 is 55.8 Å². The second kappa shape index (κ2) is 25.9. The third-order valence-corrected chi connectivity index (χ3v) is 14.5. The summed E-state index contributed by atoms with van der Waals surface area (Å²) < 4.78 is 11.8. The van der Waals surface area contributed by atoms with E-state index in [1.807, 2.05) is 54.6 Å². The molecule has 22 heteroatoms. The first-order chi connectivity index (χ1) is 37.2. The van der Waals surface area contributed by atoms with Crippen LogP contribution in [0.5, 0.6) is 11.5 Å². The maximum Gasteiger partial charge on any atom is 0.391 e. The monoisotopic (exact) mass is 1090 g/mol. The van der Waals surface area contributed by atoms with Crippen LogP contribution in [0.4, 0.5) is 21.9 Å². The fourth-order valence-corrected chi connectivity index (χ4v) is 10.6. The molecule has 0 spiro atoms. The van der Waals surface area contributed by atoms with E-state index < -0.39 is 32.5 Å². The number of anilines is 3. The number of rotatable bonds is 25. The summed E-state index contributed by atoms with van der Waals surface area (Å²) in [4.78, 5) is 125. The number of ether oxygens (including phenoxy) is 1. The van der Waals surface area contributed by atoms with Gasteiger partial charge in [0.15, 0.2) is 0 Å². The molecular weight excluding hydrogens is 1030 g/mol. The van der Waals surface area contributed by atoms with E-state index in [-0.39, 0.29) is 99.0 Å². The lowest BCUT2D eigenvalue weighted by atomic mass is 9.95. The number of alkyl halides is 1.